The number of fused-ring (bicyclic) bond motifs is 2. The van der Waals surface area contributed by atoms with E-state index in [-0.39, 0.29) is 18.0 Å². The molecule has 2 heterocycles. The van der Waals surface area contributed by atoms with Crippen molar-refractivity contribution >= 4 is 49.9 Å². The van der Waals surface area contributed by atoms with Crippen LogP contribution >= 0.6 is 15.9 Å². The molecule has 2 aromatic heterocycles. The Morgan fingerprint density at radius 1 is 1.25 bits per heavy atom. The summed E-state index contributed by atoms with van der Waals surface area (Å²) in [6.45, 7) is 6.07. The van der Waals surface area contributed by atoms with Gasteiger partial charge in [-0.2, -0.15) is 9.78 Å². The predicted octanol–water partition coefficient (Wildman–Crippen LogP) is 4.30. The van der Waals surface area contributed by atoms with Crippen molar-refractivity contribution in [2.24, 2.45) is 10.8 Å². The molecule has 0 aliphatic rings. The summed E-state index contributed by atoms with van der Waals surface area (Å²) in [5.74, 6) is 0.240. The first kappa shape index (κ1) is 22.0. The van der Waals surface area contributed by atoms with Crippen molar-refractivity contribution < 1.29 is 4.79 Å². The van der Waals surface area contributed by atoms with E-state index in [0.717, 1.165) is 33.1 Å². The summed E-state index contributed by atoms with van der Waals surface area (Å²) in [5.41, 5.74) is 8.46. The molecule has 0 unspecified atom stereocenters. The highest BCUT2D eigenvalue weighted by atomic mass is 79.9. The molecule has 32 heavy (non-hydrogen) atoms. The molecule has 0 aliphatic heterocycles. The van der Waals surface area contributed by atoms with Crippen LogP contribution in [0.4, 0.5) is 0 Å². The molecule has 0 fully saturated rings. The van der Waals surface area contributed by atoms with Gasteiger partial charge in [0, 0.05) is 32.6 Å². The van der Waals surface area contributed by atoms with Gasteiger partial charge in [-0.1, -0.05) is 48.0 Å². The van der Waals surface area contributed by atoms with Crippen LogP contribution in [0.2, 0.25) is 0 Å². The molecule has 0 bridgehead atoms. The minimum absolute atomic E-state index is 0.0465. The number of halogens is 1. The smallest absolute Gasteiger partial charge is 0.282 e. The summed E-state index contributed by atoms with van der Waals surface area (Å²) in [5, 5.41) is 6.03. The van der Waals surface area contributed by atoms with Crippen molar-refractivity contribution in [1.29, 1.82) is 0 Å². The van der Waals surface area contributed by atoms with Gasteiger partial charge in [-0.3, -0.25) is 9.59 Å². The van der Waals surface area contributed by atoms with E-state index in [9.17, 15) is 9.59 Å². The van der Waals surface area contributed by atoms with Gasteiger partial charge in [-0.25, -0.2) is 4.98 Å². The van der Waals surface area contributed by atoms with E-state index in [2.05, 4.69) is 28.0 Å². The van der Waals surface area contributed by atoms with Gasteiger partial charge in [0.25, 0.3) is 5.56 Å². The highest BCUT2D eigenvalue weighted by molar-refractivity contribution is 9.10. The summed E-state index contributed by atoms with van der Waals surface area (Å²) < 4.78 is 4.07. The SMILES string of the molecule is CC[C@@H](C)c1nc2ccc(Br)cc2c(=O)n1N=Cc1c(C)n(CC(N)=O)c2ccccc12. The lowest BCUT2D eigenvalue weighted by atomic mass is 10.1. The highest BCUT2D eigenvalue weighted by Crippen LogP contribution is 2.25. The third kappa shape index (κ3) is 3.86. The van der Waals surface area contributed by atoms with Crippen LogP contribution in [0.1, 0.15) is 43.3 Å². The summed E-state index contributed by atoms with van der Waals surface area (Å²) in [6, 6.07) is 13.2. The van der Waals surface area contributed by atoms with Gasteiger partial charge >= 0.3 is 0 Å². The van der Waals surface area contributed by atoms with E-state index < -0.39 is 5.91 Å². The van der Waals surface area contributed by atoms with E-state index in [1.807, 2.05) is 54.8 Å². The molecule has 7 nitrogen and oxygen atoms in total. The monoisotopic (exact) mass is 493 g/mol. The predicted molar refractivity (Wildman–Crippen MR) is 131 cm³/mol. The van der Waals surface area contributed by atoms with Crippen LogP contribution in [0.5, 0.6) is 0 Å². The third-order valence-electron chi connectivity index (χ3n) is 5.78. The van der Waals surface area contributed by atoms with Crippen molar-refractivity contribution in [1.82, 2.24) is 14.2 Å². The fourth-order valence-electron chi connectivity index (χ4n) is 3.87. The first-order chi connectivity index (χ1) is 15.3. The second-order valence-electron chi connectivity index (χ2n) is 7.87. The van der Waals surface area contributed by atoms with Gasteiger partial charge < -0.3 is 10.3 Å². The summed E-state index contributed by atoms with van der Waals surface area (Å²) >= 11 is 3.43. The molecule has 0 saturated carbocycles. The van der Waals surface area contributed by atoms with Gasteiger partial charge in [-0.05, 0) is 37.6 Å². The number of para-hydroxylation sites is 1. The number of rotatable bonds is 6. The minimum Gasteiger partial charge on any atom is -0.368 e. The molecule has 164 valence electrons. The second kappa shape index (κ2) is 8.70. The summed E-state index contributed by atoms with van der Waals surface area (Å²) in [4.78, 5) is 29.7. The number of nitrogens with two attached hydrogens (primary N) is 1. The summed E-state index contributed by atoms with van der Waals surface area (Å²) in [7, 11) is 0. The molecule has 8 heteroatoms. The third-order valence-corrected chi connectivity index (χ3v) is 6.28. The molecular formula is C24H24BrN5O2. The zero-order valence-corrected chi connectivity index (χ0v) is 19.8. The van der Waals surface area contributed by atoms with E-state index in [1.54, 1.807) is 12.3 Å². The lowest BCUT2D eigenvalue weighted by Gasteiger charge is -2.14. The molecule has 1 amide bonds. The number of carbonyl (C=O) groups excluding carboxylic acids is 1. The Labute approximate surface area is 193 Å². The number of hydrogen-bond donors (Lipinski definition) is 1. The van der Waals surface area contributed by atoms with Gasteiger partial charge in [0.15, 0.2) is 0 Å². The zero-order valence-electron chi connectivity index (χ0n) is 18.2. The van der Waals surface area contributed by atoms with Gasteiger partial charge in [-0.15, -0.1) is 0 Å². The maximum atomic E-state index is 13.4. The molecule has 0 radical (unpaired) electrons. The van der Waals surface area contributed by atoms with Gasteiger partial charge in [0.2, 0.25) is 5.91 Å². The molecule has 4 aromatic rings. The number of nitrogens with zero attached hydrogens (tertiary/aromatic N) is 4. The maximum Gasteiger partial charge on any atom is 0.282 e. The largest absolute Gasteiger partial charge is 0.368 e. The van der Waals surface area contributed by atoms with Crippen molar-refractivity contribution in [3.63, 3.8) is 0 Å². The van der Waals surface area contributed by atoms with Crippen LogP contribution in [0.3, 0.4) is 0 Å². The Morgan fingerprint density at radius 2 is 2.00 bits per heavy atom. The fraction of sp³-hybridized carbons (Fsp3) is 0.250. The summed E-state index contributed by atoms with van der Waals surface area (Å²) in [6.07, 6.45) is 2.49. The molecular weight excluding hydrogens is 470 g/mol. The molecule has 2 N–H and O–H groups in total. The Morgan fingerprint density at radius 3 is 2.72 bits per heavy atom. The van der Waals surface area contributed by atoms with Gasteiger partial charge in [0.1, 0.15) is 12.4 Å². The van der Waals surface area contributed by atoms with Crippen LogP contribution in [-0.2, 0) is 11.3 Å². The molecule has 0 spiro atoms. The van der Waals surface area contributed by atoms with Crippen molar-refractivity contribution in [3.8, 4) is 0 Å². The Bertz CT molecular complexity index is 1430. The second-order valence-corrected chi connectivity index (χ2v) is 8.79. The van der Waals surface area contributed by atoms with E-state index >= 15 is 0 Å². The number of primary amides is 1. The Balaban J connectivity index is 1.94. The minimum atomic E-state index is -0.420. The number of amides is 1. The van der Waals surface area contributed by atoms with Crippen molar-refractivity contribution in [3.05, 3.63) is 74.4 Å². The normalized spacial score (nSPS) is 12.8. The molecule has 1 atom stereocenters. The average Bonchev–Trinajstić information content (AvgIpc) is 3.03. The van der Waals surface area contributed by atoms with Crippen LogP contribution in [-0.4, -0.2) is 26.3 Å². The topological polar surface area (TPSA) is 95.3 Å². The Hall–Kier alpha value is -3.26. The first-order valence-corrected chi connectivity index (χ1v) is 11.2. The lowest BCUT2D eigenvalue weighted by molar-refractivity contribution is -0.118. The van der Waals surface area contributed by atoms with Crippen molar-refractivity contribution in [2.45, 2.75) is 39.7 Å². The molecule has 2 aromatic carbocycles. The molecule has 0 saturated heterocycles. The first-order valence-electron chi connectivity index (χ1n) is 10.4. The standard InChI is InChI=1S/C24H24BrN5O2/c1-4-14(2)23-28-20-10-9-16(25)11-18(20)24(32)30(23)27-12-19-15(3)29(13-22(26)31)21-8-6-5-7-17(19)21/h5-12,14H,4,13H2,1-3H3,(H2,26,31)/t14-/m1/s1. The average molecular weight is 494 g/mol. The number of carbonyl (C=O) groups is 1. The number of aromatic nitrogens is 3. The highest BCUT2D eigenvalue weighted by Gasteiger charge is 2.17. The fourth-order valence-corrected chi connectivity index (χ4v) is 4.24. The number of benzene rings is 2. The molecule has 4 rings (SSSR count). The van der Waals surface area contributed by atoms with Crippen molar-refractivity contribution in [2.75, 3.05) is 0 Å². The van der Waals surface area contributed by atoms with E-state index in [0.29, 0.717) is 16.7 Å². The maximum absolute atomic E-state index is 13.4. The van der Waals surface area contributed by atoms with E-state index in [1.165, 1.54) is 4.68 Å². The quantitative estimate of drug-likeness (QED) is 0.405. The van der Waals surface area contributed by atoms with E-state index in [4.69, 9.17) is 10.7 Å². The lowest BCUT2D eigenvalue weighted by Crippen LogP contribution is -2.23. The Kier molecular flexibility index (Phi) is 5.97. The van der Waals surface area contributed by atoms with Crippen LogP contribution in [0, 0.1) is 6.92 Å². The number of hydrogen-bond acceptors (Lipinski definition) is 4. The zero-order chi connectivity index (χ0) is 23.0. The van der Waals surface area contributed by atoms with Crippen LogP contribution < -0.4 is 11.3 Å². The molecule has 0 aliphatic carbocycles. The van der Waals surface area contributed by atoms with Gasteiger partial charge in [0.05, 0.1) is 17.1 Å². The van der Waals surface area contributed by atoms with Crippen LogP contribution in [0.25, 0.3) is 21.8 Å². The van der Waals surface area contributed by atoms with Crippen LogP contribution in [0.15, 0.2) is 56.8 Å².